The molecule has 11 heavy (non-hydrogen) atoms. The molecule has 0 bridgehead atoms. The van der Waals surface area contributed by atoms with Crippen molar-refractivity contribution >= 4 is 11.3 Å². The minimum Gasteiger partial charge on any atom is -0.388 e. The Morgan fingerprint density at radius 1 is 1.64 bits per heavy atom. The van der Waals surface area contributed by atoms with E-state index in [1.165, 1.54) is 0 Å². The Hall–Kier alpha value is -0.380. The molecule has 0 saturated heterocycles. The summed E-state index contributed by atoms with van der Waals surface area (Å²) in [5.41, 5.74) is 5.32. The highest BCUT2D eigenvalue weighted by Gasteiger charge is 2.06. The average Bonchev–Trinajstić information content (AvgIpc) is 2.52. The van der Waals surface area contributed by atoms with Crippen molar-refractivity contribution in [1.29, 1.82) is 0 Å². The van der Waals surface area contributed by atoms with Crippen LogP contribution in [0.15, 0.2) is 17.5 Å². The highest BCUT2D eigenvalue weighted by molar-refractivity contribution is 7.10. The van der Waals surface area contributed by atoms with Crippen LogP contribution in [0.5, 0.6) is 0 Å². The molecule has 2 nitrogen and oxygen atoms in total. The van der Waals surface area contributed by atoms with Crippen molar-refractivity contribution in [3.05, 3.63) is 22.4 Å². The van der Waals surface area contributed by atoms with Gasteiger partial charge in [0.1, 0.15) is 0 Å². The van der Waals surface area contributed by atoms with Crippen LogP contribution in [0.2, 0.25) is 0 Å². The number of rotatable bonds is 4. The molecule has 1 aromatic rings. The number of hydrogen-bond donors (Lipinski definition) is 2. The van der Waals surface area contributed by atoms with Gasteiger partial charge in [-0.05, 0) is 30.8 Å². The van der Waals surface area contributed by atoms with Crippen LogP contribution in [-0.4, -0.2) is 11.7 Å². The second-order valence-corrected chi connectivity index (χ2v) is 3.44. The lowest BCUT2D eigenvalue weighted by molar-refractivity contribution is 0.169. The summed E-state index contributed by atoms with van der Waals surface area (Å²) in [6, 6.07) is 3.90. The molecule has 1 atom stereocenters. The van der Waals surface area contributed by atoms with Crippen molar-refractivity contribution in [3.8, 4) is 0 Å². The minimum atomic E-state index is -0.307. The van der Waals surface area contributed by atoms with E-state index in [9.17, 15) is 5.11 Å². The molecule has 0 fully saturated rings. The van der Waals surface area contributed by atoms with Crippen LogP contribution in [-0.2, 0) is 0 Å². The van der Waals surface area contributed by atoms with Gasteiger partial charge in [-0.2, -0.15) is 0 Å². The second kappa shape index (κ2) is 4.49. The molecule has 0 saturated carbocycles. The largest absolute Gasteiger partial charge is 0.388 e. The van der Waals surface area contributed by atoms with Gasteiger partial charge in [-0.3, -0.25) is 0 Å². The second-order valence-electron chi connectivity index (χ2n) is 2.46. The van der Waals surface area contributed by atoms with Crippen molar-refractivity contribution in [3.63, 3.8) is 0 Å². The highest BCUT2D eigenvalue weighted by atomic mass is 32.1. The van der Waals surface area contributed by atoms with Gasteiger partial charge in [0.25, 0.3) is 0 Å². The molecule has 0 aliphatic rings. The van der Waals surface area contributed by atoms with Gasteiger partial charge in [0.05, 0.1) is 6.10 Å². The molecule has 0 unspecified atom stereocenters. The molecule has 0 amide bonds. The van der Waals surface area contributed by atoms with Crippen molar-refractivity contribution in [1.82, 2.24) is 0 Å². The average molecular weight is 171 g/mol. The summed E-state index contributed by atoms with van der Waals surface area (Å²) >= 11 is 1.59. The molecule has 3 heteroatoms. The zero-order chi connectivity index (χ0) is 8.10. The topological polar surface area (TPSA) is 46.2 Å². The van der Waals surface area contributed by atoms with Crippen LogP contribution < -0.4 is 5.73 Å². The fraction of sp³-hybridized carbons (Fsp3) is 0.500. The maximum atomic E-state index is 9.50. The third-order valence-corrected chi connectivity index (χ3v) is 2.53. The monoisotopic (exact) mass is 171 g/mol. The summed E-state index contributed by atoms with van der Waals surface area (Å²) in [4.78, 5) is 1.04. The molecule has 1 heterocycles. The fourth-order valence-corrected chi connectivity index (χ4v) is 1.68. The third-order valence-electron chi connectivity index (χ3n) is 1.55. The van der Waals surface area contributed by atoms with Crippen molar-refractivity contribution < 1.29 is 5.11 Å². The molecule has 0 aliphatic carbocycles. The van der Waals surface area contributed by atoms with Gasteiger partial charge >= 0.3 is 0 Å². The summed E-state index contributed by atoms with van der Waals surface area (Å²) in [6.45, 7) is 0.655. The first-order valence-electron chi connectivity index (χ1n) is 3.76. The summed E-state index contributed by atoms with van der Waals surface area (Å²) < 4.78 is 0. The highest BCUT2D eigenvalue weighted by Crippen LogP contribution is 2.22. The molecule has 1 rings (SSSR count). The van der Waals surface area contributed by atoms with E-state index in [2.05, 4.69) is 0 Å². The number of aliphatic hydroxyl groups is 1. The van der Waals surface area contributed by atoms with E-state index in [1.54, 1.807) is 11.3 Å². The van der Waals surface area contributed by atoms with Gasteiger partial charge in [0.2, 0.25) is 0 Å². The predicted molar refractivity (Wildman–Crippen MR) is 47.6 cm³/mol. The lowest BCUT2D eigenvalue weighted by atomic mass is 10.2. The SMILES string of the molecule is NCCC[C@@H](O)c1cccs1. The number of hydrogen-bond acceptors (Lipinski definition) is 3. The minimum absolute atomic E-state index is 0.307. The quantitative estimate of drug-likeness (QED) is 0.721. The molecule has 0 aromatic carbocycles. The van der Waals surface area contributed by atoms with Crippen LogP contribution in [0, 0.1) is 0 Å². The van der Waals surface area contributed by atoms with E-state index >= 15 is 0 Å². The van der Waals surface area contributed by atoms with Gasteiger partial charge in [-0.25, -0.2) is 0 Å². The molecule has 62 valence electrons. The molecular weight excluding hydrogens is 158 g/mol. The first-order chi connectivity index (χ1) is 5.34. The molecule has 3 N–H and O–H groups in total. The molecule has 1 aromatic heterocycles. The third kappa shape index (κ3) is 2.61. The summed E-state index contributed by atoms with van der Waals surface area (Å²) in [5.74, 6) is 0. The number of thiophene rings is 1. The van der Waals surface area contributed by atoms with Crippen LogP contribution in [0.3, 0.4) is 0 Å². The van der Waals surface area contributed by atoms with Gasteiger partial charge in [-0.15, -0.1) is 11.3 Å². The Kier molecular flexibility index (Phi) is 3.56. The molecule has 0 spiro atoms. The number of aliphatic hydroxyl groups excluding tert-OH is 1. The first kappa shape index (κ1) is 8.71. The van der Waals surface area contributed by atoms with Crippen LogP contribution in [0.4, 0.5) is 0 Å². The summed E-state index contributed by atoms with van der Waals surface area (Å²) in [7, 11) is 0. The van der Waals surface area contributed by atoms with Gasteiger partial charge in [0.15, 0.2) is 0 Å². The zero-order valence-corrected chi connectivity index (χ0v) is 7.18. The Morgan fingerprint density at radius 2 is 2.45 bits per heavy atom. The smallest absolute Gasteiger partial charge is 0.0882 e. The molecule has 0 radical (unpaired) electrons. The summed E-state index contributed by atoms with van der Waals surface area (Å²) in [6.07, 6.45) is 1.36. The standard InChI is InChI=1S/C8H13NOS/c9-5-1-3-7(10)8-4-2-6-11-8/h2,4,6-7,10H,1,3,5,9H2/t7-/m1/s1. The lowest BCUT2D eigenvalue weighted by Crippen LogP contribution is -2.02. The normalized spacial score (nSPS) is 13.3. The Labute approximate surface area is 70.7 Å². The van der Waals surface area contributed by atoms with E-state index in [1.807, 2.05) is 17.5 Å². The van der Waals surface area contributed by atoms with E-state index < -0.39 is 0 Å². The van der Waals surface area contributed by atoms with Gasteiger partial charge < -0.3 is 10.8 Å². The van der Waals surface area contributed by atoms with E-state index in [0.717, 1.165) is 17.7 Å². The fourth-order valence-electron chi connectivity index (χ4n) is 0.934. The van der Waals surface area contributed by atoms with Crippen molar-refractivity contribution in [2.45, 2.75) is 18.9 Å². The van der Waals surface area contributed by atoms with E-state index in [4.69, 9.17) is 5.73 Å². The van der Waals surface area contributed by atoms with E-state index in [-0.39, 0.29) is 6.10 Å². The Balaban J connectivity index is 2.36. The maximum Gasteiger partial charge on any atom is 0.0882 e. The number of nitrogens with two attached hydrogens (primary N) is 1. The first-order valence-corrected chi connectivity index (χ1v) is 4.64. The van der Waals surface area contributed by atoms with Gasteiger partial charge in [0, 0.05) is 4.88 Å². The van der Waals surface area contributed by atoms with Gasteiger partial charge in [-0.1, -0.05) is 6.07 Å². The maximum absolute atomic E-state index is 9.50. The lowest BCUT2D eigenvalue weighted by Gasteiger charge is -2.05. The molecule has 0 aliphatic heterocycles. The van der Waals surface area contributed by atoms with Crippen molar-refractivity contribution in [2.75, 3.05) is 6.54 Å². The zero-order valence-electron chi connectivity index (χ0n) is 6.36. The molecular formula is C8H13NOS. The Morgan fingerprint density at radius 3 is 3.00 bits per heavy atom. The summed E-state index contributed by atoms with van der Waals surface area (Å²) in [5, 5.41) is 11.5. The van der Waals surface area contributed by atoms with Crippen LogP contribution in [0.1, 0.15) is 23.8 Å². The predicted octanol–water partition coefficient (Wildman–Crippen LogP) is 1.52. The Bertz CT molecular complexity index is 186. The van der Waals surface area contributed by atoms with Crippen LogP contribution in [0.25, 0.3) is 0 Å². The van der Waals surface area contributed by atoms with Crippen molar-refractivity contribution in [2.24, 2.45) is 5.73 Å². The van der Waals surface area contributed by atoms with Crippen LogP contribution >= 0.6 is 11.3 Å². The van der Waals surface area contributed by atoms with E-state index in [0.29, 0.717) is 6.54 Å².